The molecule has 4 nitrogen and oxygen atoms in total. The number of anilines is 1. The van der Waals surface area contributed by atoms with Crippen molar-refractivity contribution in [1.82, 2.24) is 4.90 Å². The highest BCUT2D eigenvalue weighted by Crippen LogP contribution is 2.16. The monoisotopic (exact) mass is 298 g/mol. The van der Waals surface area contributed by atoms with Crippen LogP contribution in [-0.4, -0.2) is 36.6 Å². The standard InChI is InChI=1S/C15H22N2O2.ClH/c1-2-13-11-19-10-9-17(13)15(18)8-7-12-5-3-4-6-14(12)16;/h3-6,13H,2,7-11,16H2,1H3;1H. The number of carbonyl (C=O) groups is 1. The van der Waals surface area contributed by atoms with Gasteiger partial charge in [0, 0.05) is 18.7 Å². The van der Waals surface area contributed by atoms with E-state index in [0.29, 0.717) is 32.6 Å². The van der Waals surface area contributed by atoms with E-state index in [2.05, 4.69) is 6.92 Å². The first-order valence-electron chi connectivity index (χ1n) is 6.93. The largest absolute Gasteiger partial charge is 0.399 e. The Labute approximate surface area is 126 Å². The highest BCUT2D eigenvalue weighted by molar-refractivity contribution is 5.85. The van der Waals surface area contributed by atoms with Crippen LogP contribution in [0.3, 0.4) is 0 Å². The summed E-state index contributed by atoms with van der Waals surface area (Å²) >= 11 is 0. The molecule has 1 fully saturated rings. The van der Waals surface area contributed by atoms with E-state index in [1.54, 1.807) is 0 Å². The zero-order chi connectivity index (χ0) is 13.7. The lowest BCUT2D eigenvalue weighted by Crippen LogP contribution is -2.48. The molecule has 1 atom stereocenters. The third-order valence-electron chi connectivity index (χ3n) is 3.68. The molecule has 112 valence electrons. The molecule has 2 rings (SSSR count). The number of nitrogens with zero attached hydrogens (tertiary/aromatic N) is 1. The van der Waals surface area contributed by atoms with Gasteiger partial charge in [-0.15, -0.1) is 12.4 Å². The predicted octanol–water partition coefficient (Wildman–Crippen LogP) is 2.26. The van der Waals surface area contributed by atoms with E-state index in [0.717, 1.165) is 17.7 Å². The van der Waals surface area contributed by atoms with Gasteiger partial charge in [-0.1, -0.05) is 25.1 Å². The zero-order valence-electron chi connectivity index (χ0n) is 11.9. The summed E-state index contributed by atoms with van der Waals surface area (Å²) in [7, 11) is 0. The first-order valence-corrected chi connectivity index (χ1v) is 6.93. The number of carbonyl (C=O) groups excluding carboxylic acids is 1. The van der Waals surface area contributed by atoms with Gasteiger partial charge in [0.1, 0.15) is 0 Å². The summed E-state index contributed by atoms with van der Waals surface area (Å²) in [6.07, 6.45) is 2.17. The number of amides is 1. The summed E-state index contributed by atoms with van der Waals surface area (Å²) in [5, 5.41) is 0. The fraction of sp³-hybridized carbons (Fsp3) is 0.533. The van der Waals surface area contributed by atoms with E-state index in [4.69, 9.17) is 10.5 Å². The Kier molecular flexibility index (Phi) is 6.82. The summed E-state index contributed by atoms with van der Waals surface area (Å²) in [4.78, 5) is 14.2. The van der Waals surface area contributed by atoms with Crippen LogP contribution in [-0.2, 0) is 16.0 Å². The second-order valence-electron chi connectivity index (χ2n) is 4.92. The van der Waals surface area contributed by atoms with Crippen LogP contribution in [0.4, 0.5) is 5.69 Å². The molecular formula is C15H23ClN2O2. The highest BCUT2D eigenvalue weighted by Gasteiger charge is 2.25. The van der Waals surface area contributed by atoms with Crippen LogP contribution < -0.4 is 5.73 Å². The third-order valence-corrected chi connectivity index (χ3v) is 3.68. The Bertz CT molecular complexity index is 440. The number of nitrogen functional groups attached to an aromatic ring is 1. The van der Waals surface area contributed by atoms with Crippen molar-refractivity contribution in [2.75, 3.05) is 25.5 Å². The van der Waals surface area contributed by atoms with Crippen molar-refractivity contribution in [1.29, 1.82) is 0 Å². The maximum atomic E-state index is 12.3. The van der Waals surface area contributed by atoms with Crippen molar-refractivity contribution < 1.29 is 9.53 Å². The molecule has 1 aliphatic heterocycles. The number of halogens is 1. The average molecular weight is 299 g/mol. The third kappa shape index (κ3) is 4.12. The minimum atomic E-state index is 0. The molecule has 5 heteroatoms. The minimum absolute atomic E-state index is 0. The maximum absolute atomic E-state index is 12.3. The lowest BCUT2D eigenvalue weighted by Gasteiger charge is -2.35. The molecule has 0 saturated carbocycles. The molecule has 1 heterocycles. The summed E-state index contributed by atoms with van der Waals surface area (Å²) < 4.78 is 5.42. The van der Waals surface area contributed by atoms with Crippen LogP contribution in [0.2, 0.25) is 0 Å². The van der Waals surface area contributed by atoms with Gasteiger partial charge in [0.05, 0.1) is 19.3 Å². The highest BCUT2D eigenvalue weighted by atomic mass is 35.5. The summed E-state index contributed by atoms with van der Waals surface area (Å²) in [5.41, 5.74) is 7.71. The van der Waals surface area contributed by atoms with Crippen LogP contribution in [0, 0.1) is 0 Å². The van der Waals surface area contributed by atoms with Crippen LogP contribution >= 0.6 is 12.4 Å². The zero-order valence-corrected chi connectivity index (χ0v) is 12.7. The molecule has 1 amide bonds. The molecule has 2 N–H and O–H groups in total. The predicted molar refractivity (Wildman–Crippen MR) is 83.0 cm³/mol. The molecule has 1 aromatic rings. The number of nitrogens with two attached hydrogens (primary N) is 1. The van der Waals surface area contributed by atoms with Gasteiger partial charge in [-0.3, -0.25) is 4.79 Å². The summed E-state index contributed by atoms with van der Waals surface area (Å²) in [6, 6.07) is 7.97. The number of para-hydroxylation sites is 1. The average Bonchev–Trinajstić information content (AvgIpc) is 2.46. The van der Waals surface area contributed by atoms with Crippen molar-refractivity contribution in [3.05, 3.63) is 29.8 Å². The molecule has 1 aliphatic rings. The van der Waals surface area contributed by atoms with E-state index in [1.807, 2.05) is 29.2 Å². The van der Waals surface area contributed by atoms with Crippen molar-refractivity contribution >= 4 is 24.0 Å². The number of rotatable bonds is 4. The van der Waals surface area contributed by atoms with Gasteiger partial charge < -0.3 is 15.4 Å². The van der Waals surface area contributed by atoms with Crippen LogP contribution in [0.1, 0.15) is 25.3 Å². The Morgan fingerprint density at radius 3 is 2.90 bits per heavy atom. The normalized spacial score (nSPS) is 18.4. The van der Waals surface area contributed by atoms with Gasteiger partial charge >= 0.3 is 0 Å². The van der Waals surface area contributed by atoms with Crippen molar-refractivity contribution in [2.24, 2.45) is 0 Å². The molecule has 20 heavy (non-hydrogen) atoms. The van der Waals surface area contributed by atoms with E-state index in [-0.39, 0.29) is 24.4 Å². The van der Waals surface area contributed by atoms with Crippen LogP contribution in [0.5, 0.6) is 0 Å². The number of hydrogen-bond donors (Lipinski definition) is 1. The number of aryl methyl sites for hydroxylation is 1. The second-order valence-corrected chi connectivity index (χ2v) is 4.92. The lowest BCUT2D eigenvalue weighted by molar-refractivity contribution is -0.139. The summed E-state index contributed by atoms with van der Waals surface area (Å²) in [6.45, 7) is 4.11. The first kappa shape index (κ1) is 16.8. The molecular weight excluding hydrogens is 276 g/mol. The molecule has 0 bridgehead atoms. The van der Waals surface area contributed by atoms with Gasteiger partial charge in [-0.25, -0.2) is 0 Å². The van der Waals surface area contributed by atoms with Gasteiger partial charge in [0.15, 0.2) is 0 Å². The number of ether oxygens (including phenoxy) is 1. The quantitative estimate of drug-likeness (QED) is 0.868. The Morgan fingerprint density at radius 2 is 2.20 bits per heavy atom. The smallest absolute Gasteiger partial charge is 0.223 e. The number of hydrogen-bond acceptors (Lipinski definition) is 3. The molecule has 1 aromatic carbocycles. The van der Waals surface area contributed by atoms with Gasteiger partial charge in [-0.2, -0.15) is 0 Å². The van der Waals surface area contributed by atoms with Crippen LogP contribution in [0.25, 0.3) is 0 Å². The molecule has 0 spiro atoms. The molecule has 1 saturated heterocycles. The lowest BCUT2D eigenvalue weighted by atomic mass is 10.1. The van der Waals surface area contributed by atoms with E-state index in [9.17, 15) is 4.79 Å². The Balaban J connectivity index is 0.00000200. The van der Waals surface area contributed by atoms with Gasteiger partial charge in [0.25, 0.3) is 0 Å². The number of benzene rings is 1. The van der Waals surface area contributed by atoms with Gasteiger partial charge in [0.2, 0.25) is 5.91 Å². The second kappa shape index (κ2) is 8.12. The molecule has 0 aromatic heterocycles. The Hall–Kier alpha value is -1.26. The first-order chi connectivity index (χ1) is 9.22. The molecule has 0 aliphatic carbocycles. The number of morpholine rings is 1. The molecule has 0 radical (unpaired) electrons. The summed E-state index contributed by atoms with van der Waals surface area (Å²) in [5.74, 6) is 0.207. The van der Waals surface area contributed by atoms with E-state index >= 15 is 0 Å². The minimum Gasteiger partial charge on any atom is -0.399 e. The Morgan fingerprint density at radius 1 is 1.45 bits per heavy atom. The van der Waals surface area contributed by atoms with Crippen molar-refractivity contribution in [2.45, 2.75) is 32.2 Å². The van der Waals surface area contributed by atoms with Crippen LogP contribution in [0.15, 0.2) is 24.3 Å². The van der Waals surface area contributed by atoms with Crippen molar-refractivity contribution in [3.63, 3.8) is 0 Å². The SMILES string of the molecule is CCC1COCCN1C(=O)CCc1ccccc1N.Cl. The van der Waals surface area contributed by atoms with Gasteiger partial charge in [-0.05, 0) is 24.5 Å². The topological polar surface area (TPSA) is 55.6 Å². The molecule has 1 unspecified atom stereocenters. The maximum Gasteiger partial charge on any atom is 0.223 e. The van der Waals surface area contributed by atoms with E-state index < -0.39 is 0 Å². The fourth-order valence-electron chi connectivity index (χ4n) is 2.47. The fourth-order valence-corrected chi connectivity index (χ4v) is 2.47. The van der Waals surface area contributed by atoms with Crippen molar-refractivity contribution in [3.8, 4) is 0 Å². The van der Waals surface area contributed by atoms with E-state index in [1.165, 1.54) is 0 Å².